The number of rotatable bonds is 7. The number of ether oxygens (including phenoxy) is 1. The topological polar surface area (TPSA) is 109 Å². The van der Waals surface area contributed by atoms with Crippen molar-refractivity contribution in [2.45, 2.75) is 18.6 Å². The average Bonchev–Trinajstić information content (AvgIpc) is 3.56. The molecule has 0 saturated carbocycles. The van der Waals surface area contributed by atoms with Crippen molar-refractivity contribution in [2.75, 3.05) is 38.6 Å². The smallest absolute Gasteiger partial charge is 0.282 e. The highest BCUT2D eigenvalue weighted by atomic mass is 19.3. The zero-order chi connectivity index (χ0) is 26.3. The Morgan fingerprint density at radius 1 is 1.11 bits per heavy atom. The van der Waals surface area contributed by atoms with Crippen molar-refractivity contribution in [1.82, 2.24) is 35.3 Å². The minimum absolute atomic E-state index is 0.0885. The first-order valence-electron chi connectivity index (χ1n) is 12.2. The second-order valence-electron chi connectivity index (χ2n) is 9.50. The van der Waals surface area contributed by atoms with Gasteiger partial charge in [0.15, 0.2) is 5.82 Å². The Hall–Kier alpha value is -4.00. The molecule has 6 rings (SSSR count). The molecule has 3 N–H and O–H groups in total. The number of methoxy groups -OCH3 is 1. The van der Waals surface area contributed by atoms with E-state index in [1.54, 1.807) is 10.6 Å². The molecule has 2 aromatic carbocycles. The molecular formula is C26H26F2N8O2. The van der Waals surface area contributed by atoms with Gasteiger partial charge >= 0.3 is 0 Å². The van der Waals surface area contributed by atoms with Crippen molar-refractivity contribution < 1.29 is 18.3 Å². The average molecular weight is 521 g/mol. The second kappa shape index (κ2) is 9.71. The van der Waals surface area contributed by atoms with Crippen molar-refractivity contribution in [1.29, 1.82) is 0 Å². The van der Waals surface area contributed by atoms with Crippen LogP contribution in [0.1, 0.15) is 22.0 Å². The van der Waals surface area contributed by atoms with Gasteiger partial charge in [-0.15, -0.1) is 0 Å². The number of hydrazine groups is 1. The van der Waals surface area contributed by atoms with E-state index in [-0.39, 0.29) is 6.73 Å². The lowest BCUT2D eigenvalue weighted by Gasteiger charge is -2.38. The number of alkyl halides is 2. The highest BCUT2D eigenvalue weighted by molar-refractivity contribution is 6.00. The quantitative estimate of drug-likeness (QED) is 0.341. The van der Waals surface area contributed by atoms with Crippen LogP contribution in [0.4, 0.5) is 20.4 Å². The van der Waals surface area contributed by atoms with Gasteiger partial charge in [-0.05, 0) is 29.8 Å². The molecule has 196 valence electrons. The Morgan fingerprint density at radius 3 is 2.58 bits per heavy atom. The third-order valence-electron chi connectivity index (χ3n) is 6.80. The number of benzene rings is 2. The summed E-state index contributed by atoms with van der Waals surface area (Å²) >= 11 is 0. The number of hydrogen-bond donors (Lipinski definition) is 3. The lowest BCUT2D eigenvalue weighted by atomic mass is 10.0. The zero-order valence-corrected chi connectivity index (χ0v) is 20.6. The van der Waals surface area contributed by atoms with Crippen LogP contribution in [-0.4, -0.2) is 69.5 Å². The Kier molecular flexibility index (Phi) is 6.22. The van der Waals surface area contributed by atoms with Crippen LogP contribution in [0.2, 0.25) is 0 Å². The molecule has 2 aromatic heterocycles. The first-order chi connectivity index (χ1) is 18.4. The minimum atomic E-state index is -2.84. The molecule has 1 amide bonds. The number of halogens is 2. The summed E-state index contributed by atoms with van der Waals surface area (Å²) in [5.41, 5.74) is 10.1. The maximum atomic E-state index is 13.4. The molecule has 10 nitrogen and oxygen atoms in total. The molecule has 0 bridgehead atoms. The SMILES string of the molecule is COCn1c(C(=O)N2CC(F)(F)C2)cc2ccc(-c3ncnc(Nc4ccc(C5CNNC5)cc4)n3)cc21. The predicted octanol–water partition coefficient (Wildman–Crippen LogP) is 3.12. The largest absolute Gasteiger partial charge is 0.364 e. The summed E-state index contributed by atoms with van der Waals surface area (Å²) in [6.45, 7) is 0.719. The molecule has 0 spiro atoms. The molecule has 0 unspecified atom stereocenters. The van der Waals surface area contributed by atoms with Crippen LogP contribution in [0, 0.1) is 0 Å². The van der Waals surface area contributed by atoms with Gasteiger partial charge in [0, 0.05) is 42.8 Å². The van der Waals surface area contributed by atoms with Gasteiger partial charge in [-0.2, -0.15) is 4.98 Å². The molecule has 38 heavy (non-hydrogen) atoms. The molecule has 0 radical (unpaired) electrons. The third-order valence-corrected chi connectivity index (χ3v) is 6.80. The number of amides is 1. The van der Waals surface area contributed by atoms with Crippen molar-refractivity contribution in [3.8, 4) is 11.4 Å². The third kappa shape index (κ3) is 4.69. The first kappa shape index (κ1) is 24.3. The molecule has 4 heterocycles. The van der Waals surface area contributed by atoms with Crippen LogP contribution in [0.25, 0.3) is 22.3 Å². The van der Waals surface area contributed by atoms with E-state index in [1.165, 1.54) is 19.0 Å². The number of carbonyl (C=O) groups excluding carboxylic acids is 1. The van der Waals surface area contributed by atoms with Crippen LogP contribution >= 0.6 is 0 Å². The maximum Gasteiger partial charge on any atom is 0.282 e. The Balaban J connectivity index is 1.25. The normalized spacial score (nSPS) is 17.1. The fourth-order valence-corrected chi connectivity index (χ4v) is 4.82. The number of fused-ring (bicyclic) bond motifs is 1. The van der Waals surface area contributed by atoms with Gasteiger partial charge in [0.05, 0.1) is 18.6 Å². The maximum absolute atomic E-state index is 13.4. The summed E-state index contributed by atoms with van der Waals surface area (Å²) < 4.78 is 33.7. The number of carbonyl (C=O) groups is 1. The molecular weight excluding hydrogens is 494 g/mol. The van der Waals surface area contributed by atoms with Crippen LogP contribution in [0.3, 0.4) is 0 Å². The Morgan fingerprint density at radius 2 is 1.87 bits per heavy atom. The number of aromatic nitrogens is 4. The first-order valence-corrected chi connectivity index (χ1v) is 12.2. The van der Waals surface area contributed by atoms with Gasteiger partial charge < -0.3 is 19.5 Å². The molecule has 2 aliphatic rings. The zero-order valence-electron chi connectivity index (χ0n) is 20.6. The summed E-state index contributed by atoms with van der Waals surface area (Å²) in [6, 6.07) is 15.4. The molecule has 2 fully saturated rings. The van der Waals surface area contributed by atoms with E-state index in [0.717, 1.165) is 29.1 Å². The van der Waals surface area contributed by atoms with Crippen molar-refractivity contribution >= 4 is 28.4 Å². The highest BCUT2D eigenvalue weighted by Crippen LogP contribution is 2.31. The summed E-state index contributed by atoms with van der Waals surface area (Å²) in [6.07, 6.45) is 1.44. The molecule has 0 atom stereocenters. The molecule has 0 aliphatic carbocycles. The predicted molar refractivity (Wildman–Crippen MR) is 137 cm³/mol. The van der Waals surface area contributed by atoms with E-state index in [2.05, 4.69) is 43.3 Å². The summed E-state index contributed by atoms with van der Waals surface area (Å²) in [5, 5.41) is 4.00. The van der Waals surface area contributed by atoms with Gasteiger partial charge in [0.25, 0.3) is 11.8 Å². The Labute approximate surface area is 217 Å². The van der Waals surface area contributed by atoms with E-state index in [4.69, 9.17) is 4.74 Å². The van der Waals surface area contributed by atoms with Gasteiger partial charge in [0.1, 0.15) is 18.8 Å². The van der Waals surface area contributed by atoms with E-state index in [1.807, 2.05) is 30.3 Å². The van der Waals surface area contributed by atoms with Crippen LogP contribution in [0.5, 0.6) is 0 Å². The summed E-state index contributed by atoms with van der Waals surface area (Å²) in [5.74, 6) is -2.01. The molecule has 2 saturated heterocycles. The fourth-order valence-electron chi connectivity index (χ4n) is 4.82. The molecule has 12 heteroatoms. The van der Waals surface area contributed by atoms with Crippen molar-refractivity contribution in [2.24, 2.45) is 0 Å². The van der Waals surface area contributed by atoms with Gasteiger partial charge in [-0.3, -0.25) is 15.6 Å². The number of hydrogen-bond acceptors (Lipinski definition) is 8. The molecule has 2 aliphatic heterocycles. The van der Waals surface area contributed by atoms with Gasteiger partial charge in [-0.1, -0.05) is 24.3 Å². The number of likely N-dealkylation sites (tertiary alicyclic amines) is 1. The lowest BCUT2D eigenvalue weighted by molar-refractivity contribution is -0.113. The van der Waals surface area contributed by atoms with Gasteiger partial charge in [-0.25, -0.2) is 18.7 Å². The van der Waals surface area contributed by atoms with E-state index >= 15 is 0 Å². The van der Waals surface area contributed by atoms with Crippen LogP contribution in [0.15, 0.2) is 54.9 Å². The highest BCUT2D eigenvalue weighted by Gasteiger charge is 2.47. The number of nitrogens with one attached hydrogen (secondary N) is 3. The van der Waals surface area contributed by atoms with E-state index in [0.29, 0.717) is 34.5 Å². The van der Waals surface area contributed by atoms with E-state index in [9.17, 15) is 13.6 Å². The number of nitrogens with zero attached hydrogens (tertiary/aromatic N) is 5. The van der Waals surface area contributed by atoms with Gasteiger partial charge in [0.2, 0.25) is 5.95 Å². The second-order valence-corrected chi connectivity index (χ2v) is 9.50. The monoisotopic (exact) mass is 520 g/mol. The van der Waals surface area contributed by atoms with Crippen molar-refractivity contribution in [3.63, 3.8) is 0 Å². The summed E-state index contributed by atoms with van der Waals surface area (Å²) in [7, 11) is 1.51. The minimum Gasteiger partial charge on any atom is -0.364 e. The molecule has 4 aromatic rings. The summed E-state index contributed by atoms with van der Waals surface area (Å²) in [4.78, 5) is 27.2. The number of anilines is 2. The lowest BCUT2D eigenvalue weighted by Crippen LogP contribution is -2.58. The standard InChI is InChI=1S/C26H26F2N8O2/c1-38-15-36-21-9-18(3-2-17(21)8-22(36)24(37)35-12-26(27,28)13-35)23-29-14-30-25(34-23)33-20-6-4-16(5-7-20)19-10-31-32-11-19/h2-9,14,19,31-32H,10-13,15H2,1H3,(H,29,30,33,34). The Bertz CT molecular complexity index is 1480. The van der Waals surface area contributed by atoms with E-state index < -0.39 is 24.9 Å². The van der Waals surface area contributed by atoms with Crippen LogP contribution < -0.4 is 16.2 Å². The van der Waals surface area contributed by atoms with Crippen LogP contribution in [-0.2, 0) is 11.5 Å². The fraction of sp³-hybridized carbons (Fsp3) is 0.308. The van der Waals surface area contributed by atoms with Crippen molar-refractivity contribution in [3.05, 3.63) is 66.1 Å².